The van der Waals surface area contributed by atoms with E-state index in [0.717, 1.165) is 4.90 Å². The summed E-state index contributed by atoms with van der Waals surface area (Å²) in [6, 6.07) is 3.96. The van der Waals surface area contributed by atoms with E-state index in [1.54, 1.807) is 13.0 Å². The van der Waals surface area contributed by atoms with Crippen molar-refractivity contribution in [3.63, 3.8) is 0 Å². The summed E-state index contributed by atoms with van der Waals surface area (Å²) in [5.74, 6) is -1.56. The van der Waals surface area contributed by atoms with Gasteiger partial charge in [0.1, 0.15) is 11.9 Å². The minimum absolute atomic E-state index is 0.276. The number of urea groups is 1. The van der Waals surface area contributed by atoms with Crippen LogP contribution in [0.5, 0.6) is 0 Å². The minimum Gasteiger partial charge on any atom is -0.480 e. The van der Waals surface area contributed by atoms with Crippen LogP contribution in [0.15, 0.2) is 24.3 Å². The highest BCUT2D eigenvalue weighted by Gasteiger charge is 2.20. The Balaban J connectivity index is 2.75. The van der Waals surface area contributed by atoms with E-state index in [1.807, 2.05) is 0 Å². The zero-order chi connectivity index (χ0) is 13.7. The molecule has 1 aromatic carbocycles. The van der Waals surface area contributed by atoms with Gasteiger partial charge in [-0.05, 0) is 24.6 Å². The molecule has 0 saturated carbocycles. The summed E-state index contributed by atoms with van der Waals surface area (Å²) in [7, 11) is 1.44. The molecule has 18 heavy (non-hydrogen) atoms. The molecule has 1 rings (SSSR count). The van der Waals surface area contributed by atoms with Gasteiger partial charge in [-0.25, -0.2) is 14.0 Å². The average molecular weight is 254 g/mol. The van der Waals surface area contributed by atoms with Crippen LogP contribution >= 0.6 is 0 Å². The smallest absolute Gasteiger partial charge is 0.326 e. The predicted octanol–water partition coefficient (Wildman–Crippen LogP) is 1.83. The summed E-state index contributed by atoms with van der Waals surface area (Å²) in [6.45, 7) is 1.65. The topological polar surface area (TPSA) is 69.6 Å². The number of amides is 2. The lowest BCUT2D eigenvalue weighted by Crippen LogP contribution is -2.46. The third-order valence-electron chi connectivity index (χ3n) is 2.50. The third kappa shape index (κ3) is 3.44. The zero-order valence-corrected chi connectivity index (χ0v) is 10.2. The number of anilines is 1. The van der Waals surface area contributed by atoms with Crippen molar-refractivity contribution < 1.29 is 19.1 Å². The van der Waals surface area contributed by atoms with Crippen molar-refractivity contribution in [3.8, 4) is 0 Å². The maximum atomic E-state index is 13.0. The molecule has 0 aliphatic rings. The van der Waals surface area contributed by atoms with Crippen LogP contribution in [0.1, 0.15) is 13.3 Å². The maximum absolute atomic E-state index is 13.0. The van der Waals surface area contributed by atoms with Crippen molar-refractivity contribution in [1.29, 1.82) is 0 Å². The fraction of sp³-hybridized carbons (Fsp3) is 0.333. The first-order valence-corrected chi connectivity index (χ1v) is 5.48. The van der Waals surface area contributed by atoms with E-state index in [-0.39, 0.29) is 6.42 Å². The van der Waals surface area contributed by atoms with Gasteiger partial charge in [-0.2, -0.15) is 0 Å². The Morgan fingerprint density at radius 1 is 1.50 bits per heavy atom. The summed E-state index contributed by atoms with van der Waals surface area (Å²) in [5, 5.41) is 11.2. The van der Waals surface area contributed by atoms with E-state index >= 15 is 0 Å². The minimum atomic E-state index is -1.10. The second-order valence-electron chi connectivity index (χ2n) is 3.79. The van der Waals surface area contributed by atoms with Gasteiger partial charge in [0, 0.05) is 12.7 Å². The molecule has 0 radical (unpaired) electrons. The number of hydrogen-bond donors (Lipinski definition) is 2. The normalized spacial score (nSPS) is 11.7. The van der Waals surface area contributed by atoms with Gasteiger partial charge in [0.25, 0.3) is 0 Å². The molecule has 5 nitrogen and oxygen atoms in total. The van der Waals surface area contributed by atoms with Crippen LogP contribution in [-0.4, -0.2) is 30.2 Å². The first-order chi connectivity index (χ1) is 8.45. The summed E-state index contributed by atoms with van der Waals surface area (Å²) >= 11 is 0. The van der Waals surface area contributed by atoms with Crippen molar-refractivity contribution in [2.75, 3.05) is 11.9 Å². The lowest BCUT2D eigenvalue weighted by Gasteiger charge is -2.20. The number of nitrogens with zero attached hydrogens (tertiary/aromatic N) is 1. The molecule has 0 aliphatic heterocycles. The van der Waals surface area contributed by atoms with Crippen LogP contribution in [0, 0.1) is 5.82 Å². The summed E-state index contributed by atoms with van der Waals surface area (Å²) < 4.78 is 13.0. The van der Waals surface area contributed by atoms with Gasteiger partial charge >= 0.3 is 12.0 Å². The molecule has 2 N–H and O–H groups in total. The number of hydrogen-bond acceptors (Lipinski definition) is 2. The van der Waals surface area contributed by atoms with Gasteiger partial charge in [-0.15, -0.1) is 0 Å². The van der Waals surface area contributed by atoms with Gasteiger partial charge in [-0.1, -0.05) is 13.0 Å². The molecule has 1 atom stereocenters. The Kier molecular flexibility index (Phi) is 4.65. The SMILES string of the molecule is CC[C@H](NC(=O)N(C)c1cccc(F)c1)C(=O)O. The van der Waals surface area contributed by atoms with Crippen molar-refractivity contribution in [2.24, 2.45) is 0 Å². The van der Waals surface area contributed by atoms with E-state index in [2.05, 4.69) is 5.32 Å². The Bertz CT molecular complexity index is 451. The van der Waals surface area contributed by atoms with Crippen molar-refractivity contribution in [2.45, 2.75) is 19.4 Å². The number of carboxylic acid groups (broad SMARTS) is 1. The Hall–Kier alpha value is -2.11. The highest BCUT2D eigenvalue weighted by molar-refractivity contribution is 5.93. The average Bonchev–Trinajstić information content (AvgIpc) is 2.34. The standard InChI is InChI=1S/C12H15FN2O3/c1-3-10(11(16)17)14-12(18)15(2)9-6-4-5-8(13)7-9/h4-7,10H,3H2,1-2H3,(H,14,18)(H,16,17)/t10-/m0/s1. The number of carboxylic acids is 1. The lowest BCUT2D eigenvalue weighted by molar-refractivity contribution is -0.139. The van der Waals surface area contributed by atoms with Crippen molar-refractivity contribution in [1.82, 2.24) is 5.32 Å². The molecule has 2 amide bonds. The van der Waals surface area contributed by atoms with Crippen LogP contribution in [-0.2, 0) is 4.79 Å². The molecule has 6 heteroatoms. The number of nitrogens with one attached hydrogen (secondary N) is 1. The van der Waals surface area contributed by atoms with Gasteiger partial charge < -0.3 is 10.4 Å². The first kappa shape index (κ1) is 14.0. The van der Waals surface area contributed by atoms with Crippen molar-refractivity contribution >= 4 is 17.7 Å². The Morgan fingerprint density at radius 2 is 2.17 bits per heavy atom. The quantitative estimate of drug-likeness (QED) is 0.861. The number of halogens is 1. The molecular weight excluding hydrogens is 239 g/mol. The molecule has 0 saturated heterocycles. The van der Waals surface area contributed by atoms with Crippen LogP contribution in [0.4, 0.5) is 14.9 Å². The molecular formula is C12H15FN2O3. The molecule has 0 fully saturated rings. The second-order valence-corrected chi connectivity index (χ2v) is 3.79. The van der Waals surface area contributed by atoms with E-state index in [9.17, 15) is 14.0 Å². The molecule has 0 bridgehead atoms. The van der Waals surface area contributed by atoms with Crippen LogP contribution < -0.4 is 10.2 Å². The number of carbonyl (C=O) groups is 2. The largest absolute Gasteiger partial charge is 0.480 e. The molecule has 0 spiro atoms. The number of carbonyl (C=O) groups excluding carboxylic acids is 1. The summed E-state index contributed by atoms with van der Waals surface area (Å²) in [4.78, 5) is 23.7. The highest BCUT2D eigenvalue weighted by atomic mass is 19.1. The fourth-order valence-corrected chi connectivity index (χ4v) is 1.39. The van der Waals surface area contributed by atoms with Crippen LogP contribution in [0.25, 0.3) is 0 Å². The van der Waals surface area contributed by atoms with E-state index < -0.39 is 23.9 Å². The maximum Gasteiger partial charge on any atom is 0.326 e. The third-order valence-corrected chi connectivity index (χ3v) is 2.50. The van der Waals surface area contributed by atoms with Gasteiger partial charge in [0.15, 0.2) is 0 Å². The number of rotatable bonds is 4. The summed E-state index contributed by atoms with van der Waals surface area (Å²) in [6.07, 6.45) is 0.276. The van der Waals surface area contributed by atoms with E-state index in [1.165, 1.54) is 25.2 Å². The molecule has 0 aromatic heterocycles. The van der Waals surface area contributed by atoms with E-state index in [4.69, 9.17) is 5.11 Å². The van der Waals surface area contributed by atoms with Crippen LogP contribution in [0.2, 0.25) is 0 Å². The summed E-state index contributed by atoms with van der Waals surface area (Å²) in [5.41, 5.74) is 0.354. The van der Waals surface area contributed by atoms with Gasteiger partial charge in [-0.3, -0.25) is 4.90 Å². The van der Waals surface area contributed by atoms with Crippen molar-refractivity contribution in [3.05, 3.63) is 30.1 Å². The molecule has 98 valence electrons. The van der Waals surface area contributed by atoms with Gasteiger partial charge in [0.2, 0.25) is 0 Å². The fourth-order valence-electron chi connectivity index (χ4n) is 1.39. The Labute approximate surface area is 104 Å². The molecule has 0 heterocycles. The molecule has 0 unspecified atom stereocenters. The molecule has 1 aromatic rings. The Morgan fingerprint density at radius 3 is 2.67 bits per heavy atom. The second kappa shape index (κ2) is 6.00. The predicted molar refractivity (Wildman–Crippen MR) is 65.0 cm³/mol. The zero-order valence-electron chi connectivity index (χ0n) is 10.2. The molecule has 0 aliphatic carbocycles. The lowest BCUT2D eigenvalue weighted by atomic mass is 10.2. The first-order valence-electron chi connectivity index (χ1n) is 5.48. The number of benzene rings is 1. The number of aliphatic carboxylic acids is 1. The van der Waals surface area contributed by atoms with E-state index in [0.29, 0.717) is 5.69 Å². The van der Waals surface area contributed by atoms with Gasteiger partial charge in [0.05, 0.1) is 0 Å². The highest BCUT2D eigenvalue weighted by Crippen LogP contribution is 2.14. The monoisotopic (exact) mass is 254 g/mol. The van der Waals surface area contributed by atoms with Crippen LogP contribution in [0.3, 0.4) is 0 Å².